The van der Waals surface area contributed by atoms with E-state index in [1.54, 1.807) is 24.3 Å². The maximum Gasteiger partial charge on any atom is 0.271 e. The maximum absolute atomic E-state index is 12.2. The predicted octanol–water partition coefficient (Wildman–Crippen LogP) is 0.899. The number of aromatic amines is 1. The number of para-hydroxylation sites is 1. The van der Waals surface area contributed by atoms with E-state index >= 15 is 0 Å². The van der Waals surface area contributed by atoms with Gasteiger partial charge >= 0.3 is 0 Å². The highest BCUT2D eigenvalue weighted by atomic mass is 16.3. The van der Waals surface area contributed by atoms with Gasteiger partial charge in [0, 0.05) is 18.5 Å². The van der Waals surface area contributed by atoms with Crippen molar-refractivity contribution in [1.29, 1.82) is 5.26 Å². The van der Waals surface area contributed by atoms with Crippen LogP contribution < -0.4 is 10.5 Å². The zero-order valence-corrected chi connectivity index (χ0v) is 13.1. The SMILES string of the molecule is N#Cc1c(N2CCC[C@H]2CO)nc(Cc2ccccc2O)[nH]c1=O. The van der Waals surface area contributed by atoms with Crippen molar-refractivity contribution in [2.45, 2.75) is 25.3 Å². The molecule has 1 aromatic heterocycles. The third-order valence-corrected chi connectivity index (χ3v) is 4.27. The number of aromatic nitrogens is 2. The van der Waals surface area contributed by atoms with E-state index < -0.39 is 5.56 Å². The Morgan fingerprint density at radius 2 is 2.21 bits per heavy atom. The molecular weight excluding hydrogens is 308 g/mol. The van der Waals surface area contributed by atoms with E-state index in [0.717, 1.165) is 12.8 Å². The first-order valence-electron chi connectivity index (χ1n) is 7.81. The summed E-state index contributed by atoms with van der Waals surface area (Å²) in [6.45, 7) is 0.598. The zero-order chi connectivity index (χ0) is 17.1. The number of anilines is 1. The molecule has 1 aromatic carbocycles. The molecule has 1 fully saturated rings. The molecule has 2 heterocycles. The Morgan fingerprint density at radius 3 is 2.92 bits per heavy atom. The lowest BCUT2D eigenvalue weighted by Gasteiger charge is -2.25. The number of hydrogen-bond donors (Lipinski definition) is 3. The van der Waals surface area contributed by atoms with Gasteiger partial charge in [-0.15, -0.1) is 0 Å². The molecule has 0 aliphatic carbocycles. The van der Waals surface area contributed by atoms with Crippen molar-refractivity contribution in [1.82, 2.24) is 9.97 Å². The number of benzene rings is 1. The van der Waals surface area contributed by atoms with Gasteiger partial charge in [-0.3, -0.25) is 4.79 Å². The van der Waals surface area contributed by atoms with Crippen molar-refractivity contribution in [2.24, 2.45) is 0 Å². The van der Waals surface area contributed by atoms with Crippen molar-refractivity contribution in [3.05, 3.63) is 51.6 Å². The van der Waals surface area contributed by atoms with Gasteiger partial charge in [0.1, 0.15) is 17.6 Å². The molecule has 0 amide bonds. The summed E-state index contributed by atoms with van der Waals surface area (Å²) in [6.07, 6.45) is 1.92. The first kappa shape index (κ1) is 16.0. The number of nitriles is 1. The van der Waals surface area contributed by atoms with Gasteiger partial charge in [0.25, 0.3) is 5.56 Å². The fraction of sp³-hybridized carbons (Fsp3) is 0.353. The number of rotatable bonds is 4. The fourth-order valence-corrected chi connectivity index (χ4v) is 3.04. The van der Waals surface area contributed by atoms with Crippen LogP contribution in [0.25, 0.3) is 0 Å². The maximum atomic E-state index is 12.2. The minimum Gasteiger partial charge on any atom is -0.508 e. The molecule has 3 rings (SSSR count). The molecule has 124 valence electrons. The third kappa shape index (κ3) is 2.96. The van der Waals surface area contributed by atoms with Crippen LogP contribution in [-0.2, 0) is 6.42 Å². The van der Waals surface area contributed by atoms with E-state index in [1.165, 1.54) is 0 Å². The number of hydrogen-bond acceptors (Lipinski definition) is 6. The normalized spacial score (nSPS) is 17.0. The molecular formula is C17H18N4O3. The molecule has 7 nitrogen and oxygen atoms in total. The number of phenolic OH excluding ortho intramolecular Hbond substituents is 1. The van der Waals surface area contributed by atoms with Crippen LogP contribution >= 0.6 is 0 Å². The second kappa shape index (κ2) is 6.72. The Bertz CT molecular complexity index is 840. The second-order valence-corrected chi connectivity index (χ2v) is 5.80. The quantitative estimate of drug-likeness (QED) is 0.769. The van der Waals surface area contributed by atoms with E-state index in [-0.39, 0.29) is 30.4 Å². The summed E-state index contributed by atoms with van der Waals surface area (Å²) in [6, 6.07) is 8.60. The third-order valence-electron chi connectivity index (χ3n) is 4.27. The minimum absolute atomic E-state index is 0.0450. The van der Waals surface area contributed by atoms with Gasteiger partial charge in [0.05, 0.1) is 12.6 Å². The van der Waals surface area contributed by atoms with E-state index in [2.05, 4.69) is 9.97 Å². The largest absolute Gasteiger partial charge is 0.508 e. The minimum atomic E-state index is -0.503. The van der Waals surface area contributed by atoms with E-state index in [0.29, 0.717) is 23.8 Å². The second-order valence-electron chi connectivity index (χ2n) is 5.80. The van der Waals surface area contributed by atoms with E-state index in [4.69, 9.17) is 0 Å². The molecule has 7 heteroatoms. The number of phenols is 1. The van der Waals surface area contributed by atoms with Crippen molar-refractivity contribution >= 4 is 5.82 Å². The summed E-state index contributed by atoms with van der Waals surface area (Å²) in [7, 11) is 0. The van der Waals surface area contributed by atoms with Crippen molar-refractivity contribution in [3.63, 3.8) is 0 Å². The molecule has 0 spiro atoms. The van der Waals surface area contributed by atoms with Gasteiger partial charge in [-0.05, 0) is 18.9 Å². The van der Waals surface area contributed by atoms with Crippen LogP contribution in [0.5, 0.6) is 5.75 Å². The summed E-state index contributed by atoms with van der Waals surface area (Å²) in [4.78, 5) is 21.1. The average Bonchev–Trinajstić information content (AvgIpc) is 3.05. The smallest absolute Gasteiger partial charge is 0.271 e. The first-order chi connectivity index (χ1) is 11.6. The molecule has 0 radical (unpaired) electrons. The molecule has 1 aliphatic rings. The van der Waals surface area contributed by atoms with Crippen LogP contribution in [0.1, 0.15) is 29.8 Å². The van der Waals surface area contributed by atoms with Gasteiger partial charge in [0.2, 0.25) is 0 Å². The summed E-state index contributed by atoms with van der Waals surface area (Å²) in [5.74, 6) is 0.808. The highest BCUT2D eigenvalue weighted by Crippen LogP contribution is 2.26. The van der Waals surface area contributed by atoms with Crippen LogP contribution in [-0.4, -0.2) is 39.4 Å². The summed E-state index contributed by atoms with van der Waals surface area (Å²) in [5.41, 5.74) is 0.0873. The topological polar surface area (TPSA) is 113 Å². The average molecular weight is 326 g/mol. The molecule has 1 atom stereocenters. The molecule has 0 unspecified atom stereocenters. The van der Waals surface area contributed by atoms with Gasteiger partial charge in [0.15, 0.2) is 11.4 Å². The highest BCUT2D eigenvalue weighted by Gasteiger charge is 2.28. The molecule has 24 heavy (non-hydrogen) atoms. The molecule has 1 aliphatic heterocycles. The summed E-state index contributed by atoms with van der Waals surface area (Å²) in [5, 5.41) is 28.7. The molecule has 0 bridgehead atoms. The predicted molar refractivity (Wildman–Crippen MR) is 87.9 cm³/mol. The van der Waals surface area contributed by atoms with Crippen molar-refractivity contribution in [3.8, 4) is 11.8 Å². The monoisotopic (exact) mass is 326 g/mol. The molecule has 3 N–H and O–H groups in total. The Morgan fingerprint density at radius 1 is 1.42 bits per heavy atom. The van der Waals surface area contributed by atoms with Crippen LogP contribution in [0.15, 0.2) is 29.1 Å². The number of H-pyrrole nitrogens is 1. The van der Waals surface area contributed by atoms with Crippen LogP contribution in [0.3, 0.4) is 0 Å². The highest BCUT2D eigenvalue weighted by molar-refractivity contribution is 5.54. The van der Waals surface area contributed by atoms with Crippen molar-refractivity contribution < 1.29 is 10.2 Å². The van der Waals surface area contributed by atoms with Crippen LogP contribution in [0.2, 0.25) is 0 Å². The van der Waals surface area contributed by atoms with Crippen molar-refractivity contribution in [2.75, 3.05) is 18.1 Å². The number of aromatic hydroxyl groups is 1. The van der Waals surface area contributed by atoms with Gasteiger partial charge in [-0.1, -0.05) is 18.2 Å². The van der Waals surface area contributed by atoms with E-state index in [9.17, 15) is 20.3 Å². The number of nitrogens with one attached hydrogen (secondary N) is 1. The Labute approximate surface area is 138 Å². The van der Waals surface area contributed by atoms with Crippen LogP contribution in [0.4, 0.5) is 5.82 Å². The molecule has 2 aromatic rings. The van der Waals surface area contributed by atoms with Crippen LogP contribution in [0, 0.1) is 11.3 Å². The molecule has 1 saturated heterocycles. The Kier molecular flexibility index (Phi) is 4.49. The number of aliphatic hydroxyl groups excluding tert-OH is 1. The van der Waals surface area contributed by atoms with Gasteiger partial charge in [-0.2, -0.15) is 5.26 Å². The lowest BCUT2D eigenvalue weighted by molar-refractivity contribution is 0.266. The number of aliphatic hydroxyl groups is 1. The Hall–Kier alpha value is -2.85. The fourth-order valence-electron chi connectivity index (χ4n) is 3.04. The van der Waals surface area contributed by atoms with E-state index in [1.807, 2.05) is 11.0 Å². The van der Waals surface area contributed by atoms with Gasteiger partial charge < -0.3 is 20.1 Å². The lowest BCUT2D eigenvalue weighted by Crippen LogP contribution is -2.35. The first-order valence-corrected chi connectivity index (χ1v) is 7.81. The summed E-state index contributed by atoms with van der Waals surface area (Å²) >= 11 is 0. The van der Waals surface area contributed by atoms with Gasteiger partial charge in [-0.25, -0.2) is 4.98 Å². The lowest BCUT2D eigenvalue weighted by atomic mass is 10.1. The Balaban J connectivity index is 2.02. The molecule has 0 saturated carbocycles. The zero-order valence-electron chi connectivity index (χ0n) is 13.1. The number of nitrogens with zero attached hydrogens (tertiary/aromatic N) is 3. The summed E-state index contributed by atoms with van der Waals surface area (Å²) < 4.78 is 0. The standard InChI is InChI=1S/C17H18N4O3/c18-9-13-16(21-7-3-5-12(21)10-22)19-15(20-17(13)24)8-11-4-1-2-6-14(11)23/h1-2,4,6,12,22-23H,3,5,7-8,10H2,(H,19,20,24)/t12-/m0/s1.